The molecular formula is CH4O5SiTi. The Kier molecular flexibility index (Phi) is 13.9. The number of hydrogen-bond acceptors (Lipinski definition) is 5. The Hall–Kier alpha value is 0.0912. The summed E-state index contributed by atoms with van der Waals surface area (Å²) in [5, 5.41) is 7.38. The summed E-state index contributed by atoms with van der Waals surface area (Å²) in [4.78, 5) is 0. The molecule has 7 heteroatoms. The fourth-order valence-corrected chi connectivity index (χ4v) is 0. The molecule has 0 spiro atoms. The van der Waals surface area contributed by atoms with E-state index in [1.165, 1.54) is 6.55 Å². The molecule has 8 heavy (non-hydrogen) atoms. The molecule has 1 N–H and O–H groups in total. The van der Waals surface area contributed by atoms with Gasteiger partial charge in [0.2, 0.25) is 0 Å². The van der Waals surface area contributed by atoms with E-state index in [2.05, 4.69) is 4.58 Å². The summed E-state index contributed by atoms with van der Waals surface area (Å²) in [6.45, 7) is 1.30. The van der Waals surface area contributed by atoms with Gasteiger partial charge < -0.3 is 9.04 Å². The van der Waals surface area contributed by atoms with E-state index in [1.54, 1.807) is 0 Å². The fraction of sp³-hybridized carbons (Fsp3) is 1.00. The van der Waals surface area contributed by atoms with Crippen LogP contribution in [-0.4, -0.2) is 14.2 Å². The molecule has 0 heterocycles. The van der Waals surface area contributed by atoms with E-state index in [0.29, 0.717) is 0 Å². The van der Waals surface area contributed by atoms with Gasteiger partial charge in [-0.05, 0) is 0 Å². The Balaban J connectivity index is 0. The predicted octanol–water partition coefficient (Wildman–Crippen LogP) is -0.216. The van der Waals surface area contributed by atoms with Gasteiger partial charge in [0.1, 0.15) is 0 Å². The van der Waals surface area contributed by atoms with Gasteiger partial charge >= 0.3 is 34.7 Å². The van der Waals surface area contributed by atoms with Crippen LogP contribution in [0.25, 0.3) is 0 Å². The van der Waals surface area contributed by atoms with Gasteiger partial charge in [0.05, 0.1) is 0 Å². The van der Waals surface area contributed by atoms with Gasteiger partial charge in [0, 0.05) is 6.55 Å². The molecule has 0 saturated carbocycles. The first-order chi connectivity index (χ1) is 3.68. The quantitative estimate of drug-likeness (QED) is 0.336. The molecule has 0 aliphatic rings. The van der Waals surface area contributed by atoms with Crippen molar-refractivity contribution < 1.29 is 40.0 Å². The average Bonchev–Trinajstić information content (AvgIpc) is 1.69. The second-order valence-electron chi connectivity index (χ2n) is 0.666. The molecule has 0 aromatic heterocycles. The second-order valence-corrected chi connectivity index (χ2v) is 2.09. The van der Waals surface area contributed by atoms with E-state index in [9.17, 15) is 4.46 Å². The third-order valence-electron chi connectivity index (χ3n) is 0.129. The first-order valence-electron chi connectivity index (χ1n) is 1.50. The van der Waals surface area contributed by atoms with Crippen LogP contribution in [0.2, 0.25) is 6.55 Å². The zero-order chi connectivity index (χ0) is 6.99. The second kappa shape index (κ2) is 10.2. The van der Waals surface area contributed by atoms with E-state index in [0.717, 1.165) is 0 Å². The Labute approximate surface area is 55.9 Å². The van der Waals surface area contributed by atoms with Crippen molar-refractivity contribution in [2.24, 2.45) is 0 Å². The summed E-state index contributed by atoms with van der Waals surface area (Å²) in [6, 6.07) is 0. The summed E-state index contributed by atoms with van der Waals surface area (Å²) in [7, 11) is -2.07. The van der Waals surface area contributed by atoms with E-state index >= 15 is 0 Å². The van der Waals surface area contributed by atoms with Crippen LogP contribution in [0, 0.1) is 0 Å². The minimum absolute atomic E-state index is 1.30. The van der Waals surface area contributed by atoms with Crippen molar-refractivity contribution in [3.63, 3.8) is 0 Å². The maximum absolute atomic E-state index is 9.53. The van der Waals surface area contributed by atoms with Crippen molar-refractivity contribution in [1.82, 2.24) is 0 Å². The molecule has 0 bridgehead atoms. The van der Waals surface area contributed by atoms with Gasteiger partial charge in [-0.15, -0.1) is 0 Å². The molecule has 0 unspecified atom stereocenters. The molecular weight excluding hydrogens is 168 g/mol. The maximum atomic E-state index is 9.53. The van der Waals surface area contributed by atoms with E-state index < -0.39 is 28.0 Å². The van der Waals surface area contributed by atoms with Gasteiger partial charge in [0.25, 0.3) is 0 Å². The van der Waals surface area contributed by atoms with Crippen molar-refractivity contribution in [2.45, 2.75) is 6.55 Å². The van der Waals surface area contributed by atoms with Crippen molar-refractivity contribution in [3.05, 3.63) is 0 Å². The van der Waals surface area contributed by atoms with Gasteiger partial charge in [-0.2, -0.15) is 0 Å². The van der Waals surface area contributed by atoms with Crippen LogP contribution < -0.4 is 0 Å². The van der Waals surface area contributed by atoms with E-state index in [-0.39, 0.29) is 0 Å². The van der Waals surface area contributed by atoms with Crippen LogP contribution in [0.1, 0.15) is 0 Å². The third-order valence-corrected chi connectivity index (χ3v) is 0.386. The Morgan fingerprint density at radius 3 is 1.75 bits per heavy atom. The Morgan fingerprint density at radius 1 is 1.62 bits per heavy atom. The molecule has 0 radical (unpaired) electrons. The third kappa shape index (κ3) is 36.1. The van der Waals surface area contributed by atoms with Crippen LogP contribution >= 0.6 is 0 Å². The molecule has 0 aliphatic carbocycles. The summed E-state index contributed by atoms with van der Waals surface area (Å²) < 4.78 is 29.8. The van der Waals surface area contributed by atoms with Crippen molar-refractivity contribution in [3.8, 4) is 0 Å². The van der Waals surface area contributed by atoms with Crippen LogP contribution in [0.5, 0.6) is 0 Å². The number of rotatable bonds is 1. The molecule has 0 fully saturated rings. The predicted molar refractivity (Wildman–Crippen MR) is 17.4 cm³/mol. The number of hydrogen-bond donors (Lipinski definition) is 1. The fourth-order valence-electron chi connectivity index (χ4n) is 0. The monoisotopic (exact) mass is 172 g/mol. The first kappa shape index (κ1) is 11.0. The summed E-state index contributed by atoms with van der Waals surface area (Å²) in [5.74, 6) is 0. The van der Waals surface area contributed by atoms with E-state index in [1.807, 2.05) is 0 Å². The SMILES string of the molecule is C[Si](=O)OO.[O]=[Ti]=[O]. The van der Waals surface area contributed by atoms with Crippen LogP contribution in [0.15, 0.2) is 0 Å². The molecule has 0 aromatic rings. The molecule has 46 valence electrons. The van der Waals surface area contributed by atoms with Crippen LogP contribution in [0.3, 0.4) is 0 Å². The molecule has 0 saturated heterocycles. The van der Waals surface area contributed by atoms with Crippen LogP contribution in [-0.2, 0) is 34.8 Å². The molecule has 0 aliphatic heterocycles. The van der Waals surface area contributed by atoms with Gasteiger partial charge in [-0.25, -0.2) is 5.26 Å². The van der Waals surface area contributed by atoms with Gasteiger partial charge in [0.15, 0.2) is 0 Å². The Bertz CT molecular complexity index is 94.6. The summed E-state index contributed by atoms with van der Waals surface area (Å²) >= 11 is -2.00. The molecule has 5 nitrogen and oxygen atoms in total. The van der Waals surface area contributed by atoms with Crippen molar-refractivity contribution >= 4 is 8.93 Å². The molecule has 0 atom stereocenters. The average molecular weight is 172 g/mol. The Morgan fingerprint density at radius 2 is 1.75 bits per heavy atom. The standard InChI is InChI=1S/CH4O3Si.2O.Ti/c1-5(3)4-2;;;/h2H,1H3;;;. The van der Waals surface area contributed by atoms with Crippen LogP contribution in [0.4, 0.5) is 0 Å². The van der Waals surface area contributed by atoms with E-state index in [4.69, 9.17) is 11.9 Å². The molecule has 0 aromatic carbocycles. The van der Waals surface area contributed by atoms with Gasteiger partial charge in [-0.1, -0.05) is 0 Å². The molecule has 0 amide bonds. The summed E-state index contributed by atoms with van der Waals surface area (Å²) in [6.07, 6.45) is 0. The summed E-state index contributed by atoms with van der Waals surface area (Å²) in [5.41, 5.74) is 0. The van der Waals surface area contributed by atoms with Crippen molar-refractivity contribution in [1.29, 1.82) is 0 Å². The van der Waals surface area contributed by atoms with Crippen molar-refractivity contribution in [2.75, 3.05) is 0 Å². The minimum atomic E-state index is -2.07. The molecule has 0 rings (SSSR count). The van der Waals surface area contributed by atoms with Gasteiger partial charge in [-0.3, -0.25) is 0 Å². The topological polar surface area (TPSA) is 80.7 Å². The zero-order valence-electron chi connectivity index (χ0n) is 4.08. The zero-order valence-corrected chi connectivity index (χ0v) is 6.64. The first-order valence-corrected chi connectivity index (χ1v) is 4.59. The normalized spacial score (nSPS) is 5.25.